The topological polar surface area (TPSA) is 63.7 Å². The third-order valence-electron chi connectivity index (χ3n) is 3.41. The van der Waals surface area contributed by atoms with Crippen molar-refractivity contribution in [3.63, 3.8) is 0 Å². The molecule has 1 aromatic carbocycles. The van der Waals surface area contributed by atoms with E-state index >= 15 is 0 Å². The molecule has 0 saturated heterocycles. The number of hydrogen-bond donors (Lipinski definition) is 1. The van der Waals surface area contributed by atoms with Gasteiger partial charge in [-0.3, -0.25) is 4.90 Å². The molecule has 2 N–H and O–H groups in total. The van der Waals surface area contributed by atoms with Crippen LogP contribution in [0.2, 0.25) is 0 Å². The van der Waals surface area contributed by atoms with Crippen molar-refractivity contribution >= 4 is 35.0 Å². The zero-order chi connectivity index (χ0) is 16.9. The lowest BCUT2D eigenvalue weighted by Crippen LogP contribution is -2.29. The fourth-order valence-electron chi connectivity index (χ4n) is 2.41. The molecule has 7 heteroatoms. The average Bonchev–Trinajstić information content (AvgIpc) is 3.08. The summed E-state index contributed by atoms with van der Waals surface area (Å²) < 4.78 is 5.36. The molecular weight excluding hydrogens is 340 g/mol. The van der Waals surface area contributed by atoms with Crippen LogP contribution in [0.5, 0.6) is 0 Å². The minimum absolute atomic E-state index is 0.374. The van der Waals surface area contributed by atoms with Gasteiger partial charge >= 0.3 is 0 Å². The van der Waals surface area contributed by atoms with Crippen LogP contribution in [-0.2, 0) is 11.2 Å². The fraction of sp³-hybridized carbons (Fsp3) is 0.176. The summed E-state index contributed by atoms with van der Waals surface area (Å²) in [7, 11) is 1.66. The van der Waals surface area contributed by atoms with E-state index in [2.05, 4.69) is 34.8 Å². The van der Waals surface area contributed by atoms with Crippen molar-refractivity contribution in [3.05, 3.63) is 63.9 Å². The van der Waals surface area contributed by atoms with Gasteiger partial charge in [0.05, 0.1) is 10.7 Å². The van der Waals surface area contributed by atoms with Crippen LogP contribution >= 0.6 is 23.1 Å². The second-order valence-corrected chi connectivity index (χ2v) is 7.12. The van der Waals surface area contributed by atoms with Crippen LogP contribution in [0, 0.1) is 0 Å². The number of nitrogens with zero attached hydrogens (tertiary/aromatic N) is 3. The number of methoxy groups -OCH3 is 1. The lowest BCUT2D eigenvalue weighted by atomic mass is 10.1. The summed E-state index contributed by atoms with van der Waals surface area (Å²) in [6.07, 6.45) is 5.90. The number of hydrogen-bond acceptors (Lipinski definition) is 7. The number of allylic oxidation sites excluding steroid dienone is 1. The highest BCUT2D eigenvalue weighted by atomic mass is 32.2. The Labute approximate surface area is 149 Å². The summed E-state index contributed by atoms with van der Waals surface area (Å²) >= 11 is 3.18. The molecule has 24 heavy (non-hydrogen) atoms. The molecule has 3 rings (SSSR count). The number of fused-ring (bicyclic) bond motifs is 1. The quantitative estimate of drug-likeness (QED) is 0.800. The van der Waals surface area contributed by atoms with Gasteiger partial charge in [0.1, 0.15) is 11.8 Å². The van der Waals surface area contributed by atoms with Gasteiger partial charge in [0.25, 0.3) is 0 Å². The van der Waals surface area contributed by atoms with E-state index in [1.807, 2.05) is 16.5 Å². The van der Waals surface area contributed by atoms with Crippen LogP contribution in [0.1, 0.15) is 10.6 Å². The van der Waals surface area contributed by atoms with Crippen molar-refractivity contribution in [2.24, 2.45) is 10.7 Å². The number of thiazole rings is 1. The van der Waals surface area contributed by atoms with Gasteiger partial charge in [0.15, 0.2) is 5.82 Å². The summed E-state index contributed by atoms with van der Waals surface area (Å²) in [5.74, 6) is 0.681. The maximum atomic E-state index is 6.19. The Morgan fingerprint density at radius 1 is 1.46 bits per heavy atom. The molecule has 0 radical (unpaired) electrons. The fourth-order valence-corrected chi connectivity index (χ4v) is 3.96. The number of thioether (sulfide) groups is 1. The molecule has 0 unspecified atom stereocenters. The monoisotopic (exact) mass is 358 g/mol. The molecule has 0 saturated carbocycles. The van der Waals surface area contributed by atoms with Gasteiger partial charge in [0, 0.05) is 36.2 Å². The highest BCUT2D eigenvalue weighted by Gasteiger charge is 2.24. The Morgan fingerprint density at radius 3 is 3.04 bits per heavy atom. The summed E-state index contributed by atoms with van der Waals surface area (Å²) in [4.78, 5) is 11.8. The molecule has 2 aromatic rings. The summed E-state index contributed by atoms with van der Waals surface area (Å²) in [5.41, 5.74) is 8.43. The zero-order valence-electron chi connectivity index (χ0n) is 13.3. The van der Waals surface area contributed by atoms with E-state index in [1.54, 1.807) is 30.7 Å². The molecule has 0 aliphatic carbocycles. The van der Waals surface area contributed by atoms with Gasteiger partial charge in [-0.05, 0) is 17.7 Å². The number of aromatic nitrogens is 1. The van der Waals surface area contributed by atoms with Gasteiger partial charge in [0.2, 0.25) is 0 Å². The molecule has 0 bridgehead atoms. The van der Waals surface area contributed by atoms with E-state index in [0.717, 1.165) is 22.0 Å². The first-order chi connectivity index (χ1) is 11.7. The summed E-state index contributed by atoms with van der Waals surface area (Å²) in [5, 5.41) is 3.73. The third-order valence-corrected chi connectivity index (χ3v) is 5.16. The Morgan fingerprint density at radius 2 is 2.33 bits per heavy atom. The minimum Gasteiger partial charge on any atom is -0.390 e. The van der Waals surface area contributed by atoms with Crippen LogP contribution < -0.4 is 10.6 Å². The van der Waals surface area contributed by atoms with Crippen LogP contribution in [0.4, 0.5) is 5.69 Å². The van der Waals surface area contributed by atoms with Crippen molar-refractivity contribution < 1.29 is 4.74 Å². The lowest BCUT2D eigenvalue weighted by Gasteiger charge is -2.31. The lowest BCUT2D eigenvalue weighted by molar-refractivity contribution is 0.202. The van der Waals surface area contributed by atoms with Crippen molar-refractivity contribution in [2.75, 3.05) is 18.7 Å². The number of ether oxygens (including phenoxy) is 1. The van der Waals surface area contributed by atoms with E-state index in [0.29, 0.717) is 17.6 Å². The van der Waals surface area contributed by atoms with Gasteiger partial charge in [-0.1, -0.05) is 30.5 Å². The highest BCUT2D eigenvalue weighted by molar-refractivity contribution is 8.03. The van der Waals surface area contributed by atoms with Gasteiger partial charge in [-0.2, -0.15) is 0 Å². The van der Waals surface area contributed by atoms with E-state index in [-0.39, 0.29) is 0 Å². The number of rotatable bonds is 6. The van der Waals surface area contributed by atoms with E-state index in [4.69, 9.17) is 10.5 Å². The number of aliphatic imine (C=N–C) groups is 1. The molecule has 1 aromatic heterocycles. The first-order valence-electron chi connectivity index (χ1n) is 7.33. The molecule has 1 aliphatic rings. The Kier molecular flexibility index (Phi) is 5.34. The SMILES string of the molecule is C=C/C=N\C1=C(N)Sc2ccc(Cc3nccs3)cc2N1COC. The van der Waals surface area contributed by atoms with Gasteiger partial charge < -0.3 is 10.5 Å². The molecule has 2 heterocycles. The second kappa shape index (κ2) is 7.65. The summed E-state index contributed by atoms with van der Waals surface area (Å²) in [6.45, 7) is 4.04. The summed E-state index contributed by atoms with van der Waals surface area (Å²) in [6, 6.07) is 6.36. The van der Waals surface area contributed by atoms with Gasteiger partial charge in [-0.15, -0.1) is 11.3 Å². The van der Waals surface area contributed by atoms with E-state index in [9.17, 15) is 0 Å². The normalized spacial score (nSPS) is 14.3. The average molecular weight is 358 g/mol. The number of anilines is 1. The molecule has 0 amide bonds. The highest BCUT2D eigenvalue weighted by Crippen LogP contribution is 2.42. The first-order valence-corrected chi connectivity index (χ1v) is 9.03. The maximum absolute atomic E-state index is 6.19. The van der Waals surface area contributed by atoms with E-state index in [1.165, 1.54) is 17.3 Å². The van der Waals surface area contributed by atoms with E-state index < -0.39 is 0 Å². The molecule has 0 spiro atoms. The van der Waals surface area contributed by atoms with Crippen LogP contribution in [0.15, 0.2) is 63.2 Å². The minimum atomic E-state index is 0.374. The zero-order valence-corrected chi connectivity index (χ0v) is 14.9. The smallest absolute Gasteiger partial charge is 0.165 e. The van der Waals surface area contributed by atoms with Crippen molar-refractivity contribution in [1.29, 1.82) is 0 Å². The molecule has 5 nitrogen and oxygen atoms in total. The molecule has 0 fully saturated rings. The largest absolute Gasteiger partial charge is 0.390 e. The van der Waals surface area contributed by atoms with Crippen LogP contribution in [-0.4, -0.2) is 25.0 Å². The Bertz CT molecular complexity index is 784. The molecule has 1 aliphatic heterocycles. The number of nitrogens with two attached hydrogens (primary N) is 1. The first kappa shape index (κ1) is 16.8. The second-order valence-electron chi connectivity index (χ2n) is 5.05. The van der Waals surface area contributed by atoms with Crippen molar-refractivity contribution in [2.45, 2.75) is 11.3 Å². The van der Waals surface area contributed by atoms with Crippen molar-refractivity contribution in [1.82, 2.24) is 4.98 Å². The molecular formula is C17H18N4OS2. The standard InChI is InChI=1S/C17H18N4OS2/c1-3-6-20-17-16(18)24-14-5-4-12(10-15-19-7-8-23-15)9-13(14)21(17)11-22-2/h3-9H,1,10-11,18H2,2H3/b20-6-. The Balaban J connectivity index is 1.97. The van der Waals surface area contributed by atoms with Crippen molar-refractivity contribution in [3.8, 4) is 0 Å². The predicted molar refractivity (Wildman–Crippen MR) is 101 cm³/mol. The molecule has 0 atom stereocenters. The third kappa shape index (κ3) is 3.53. The van der Waals surface area contributed by atoms with Gasteiger partial charge in [-0.25, -0.2) is 9.98 Å². The maximum Gasteiger partial charge on any atom is 0.165 e. The Hall–Kier alpha value is -2.09. The number of benzene rings is 1. The van der Waals surface area contributed by atoms with Crippen LogP contribution in [0.25, 0.3) is 0 Å². The predicted octanol–water partition coefficient (Wildman–Crippen LogP) is 3.59. The molecule has 124 valence electrons. The van der Waals surface area contributed by atoms with Crippen LogP contribution in [0.3, 0.4) is 0 Å².